The summed E-state index contributed by atoms with van der Waals surface area (Å²) in [5, 5.41) is 12.0. The number of ether oxygens (including phenoxy) is 1. The normalized spacial score (nSPS) is 12.0. The zero-order chi connectivity index (χ0) is 17.8. The van der Waals surface area contributed by atoms with Gasteiger partial charge in [-0.05, 0) is 19.4 Å². The summed E-state index contributed by atoms with van der Waals surface area (Å²) in [6.45, 7) is 4.05. The zero-order valence-corrected chi connectivity index (χ0v) is 13.8. The Kier molecular flexibility index (Phi) is 4.78. The van der Waals surface area contributed by atoms with E-state index in [2.05, 4.69) is 25.8 Å². The Bertz CT molecular complexity index is 881. The molecule has 0 aliphatic rings. The van der Waals surface area contributed by atoms with E-state index in [4.69, 9.17) is 4.74 Å². The molecule has 1 atom stereocenters. The van der Waals surface area contributed by atoms with Gasteiger partial charge in [0.2, 0.25) is 5.88 Å². The van der Waals surface area contributed by atoms with Crippen molar-refractivity contribution in [2.24, 2.45) is 0 Å². The Balaban J connectivity index is 1.74. The molecule has 1 aromatic carbocycles. The van der Waals surface area contributed by atoms with Crippen molar-refractivity contribution >= 4 is 22.8 Å². The number of urea groups is 1. The smallest absolute Gasteiger partial charge is 0.320 e. The molecule has 0 aliphatic heterocycles. The monoisotopic (exact) mass is 343 g/mol. The summed E-state index contributed by atoms with van der Waals surface area (Å²) in [5.41, 5.74) is 1.07. The van der Waals surface area contributed by atoms with Gasteiger partial charge in [0, 0.05) is 6.20 Å². The van der Waals surface area contributed by atoms with Crippen molar-refractivity contribution in [1.29, 1.82) is 0 Å². The van der Waals surface area contributed by atoms with Gasteiger partial charge in [0.25, 0.3) is 0 Å². The topological polar surface area (TPSA) is 91.9 Å². The Morgan fingerprint density at radius 2 is 2.12 bits per heavy atom. The van der Waals surface area contributed by atoms with Crippen LogP contribution in [0.5, 0.6) is 5.88 Å². The molecule has 0 bridgehead atoms. The summed E-state index contributed by atoms with van der Waals surface area (Å²) in [7, 11) is 0. The van der Waals surface area contributed by atoms with E-state index in [-0.39, 0.29) is 23.3 Å². The number of carbonyl (C=O) groups excluding carboxylic acids is 1. The van der Waals surface area contributed by atoms with Crippen molar-refractivity contribution in [3.63, 3.8) is 0 Å². The second-order valence-electron chi connectivity index (χ2n) is 5.40. The van der Waals surface area contributed by atoms with Crippen LogP contribution in [0.3, 0.4) is 0 Å². The van der Waals surface area contributed by atoms with Crippen LogP contribution in [0.15, 0.2) is 36.5 Å². The average molecular weight is 343 g/mol. The number of hydrogen-bond acceptors (Lipinski definition) is 4. The summed E-state index contributed by atoms with van der Waals surface area (Å²) < 4.78 is 19.8. The van der Waals surface area contributed by atoms with Gasteiger partial charge in [-0.1, -0.05) is 30.3 Å². The Hall–Kier alpha value is -3.16. The molecular formula is C17H18FN5O2. The maximum atomic E-state index is 14.5. The standard InChI is InChI=1S/C17H18FN5O2/c1-3-25-16-12-9-19-15(13(18)14(12)22-23-16)21-17(24)20-10(2)11-7-5-4-6-8-11/h4-10H,3H2,1-2H3,(H,22,23)(H2,19,20,21,24)/t10-/m1/s1. The number of nitrogens with one attached hydrogen (secondary N) is 3. The molecule has 0 spiro atoms. The second kappa shape index (κ2) is 7.16. The third-order valence-corrected chi connectivity index (χ3v) is 3.68. The van der Waals surface area contributed by atoms with E-state index in [1.165, 1.54) is 6.20 Å². The zero-order valence-electron chi connectivity index (χ0n) is 13.8. The molecule has 0 aliphatic carbocycles. The van der Waals surface area contributed by atoms with Crippen LogP contribution in [0, 0.1) is 5.82 Å². The molecule has 0 unspecified atom stereocenters. The Labute approximate surface area is 143 Å². The highest BCUT2D eigenvalue weighted by Crippen LogP contribution is 2.27. The van der Waals surface area contributed by atoms with Crippen LogP contribution in [0.4, 0.5) is 15.0 Å². The lowest BCUT2D eigenvalue weighted by atomic mass is 10.1. The number of anilines is 1. The third-order valence-electron chi connectivity index (χ3n) is 3.68. The molecule has 0 radical (unpaired) electrons. The van der Waals surface area contributed by atoms with Gasteiger partial charge in [-0.15, -0.1) is 5.10 Å². The van der Waals surface area contributed by atoms with Gasteiger partial charge in [0.15, 0.2) is 11.6 Å². The summed E-state index contributed by atoms with van der Waals surface area (Å²) in [6.07, 6.45) is 1.41. The fourth-order valence-corrected chi connectivity index (χ4v) is 2.42. The van der Waals surface area contributed by atoms with E-state index in [9.17, 15) is 9.18 Å². The predicted octanol–water partition coefficient (Wildman–Crippen LogP) is 3.38. The minimum absolute atomic E-state index is 0.129. The molecule has 2 heterocycles. The van der Waals surface area contributed by atoms with E-state index in [0.29, 0.717) is 12.0 Å². The van der Waals surface area contributed by atoms with Crippen molar-refractivity contribution in [3.05, 3.63) is 47.9 Å². The highest BCUT2D eigenvalue weighted by atomic mass is 19.1. The van der Waals surface area contributed by atoms with E-state index in [0.717, 1.165) is 5.56 Å². The number of amides is 2. The fraction of sp³-hybridized carbons (Fsp3) is 0.235. The number of benzene rings is 1. The fourth-order valence-electron chi connectivity index (χ4n) is 2.42. The Morgan fingerprint density at radius 3 is 2.84 bits per heavy atom. The van der Waals surface area contributed by atoms with Crippen LogP contribution in [0.2, 0.25) is 0 Å². The lowest BCUT2D eigenvalue weighted by Crippen LogP contribution is -2.31. The molecule has 3 rings (SSSR count). The second-order valence-corrected chi connectivity index (χ2v) is 5.40. The maximum absolute atomic E-state index is 14.5. The molecule has 130 valence electrons. The van der Waals surface area contributed by atoms with E-state index in [1.807, 2.05) is 37.3 Å². The molecule has 2 aromatic heterocycles. The number of carbonyl (C=O) groups is 1. The SMILES string of the molecule is CCOc1n[nH]c2c(F)c(NC(=O)N[C@H](C)c3ccccc3)ncc12. The lowest BCUT2D eigenvalue weighted by Gasteiger charge is -2.15. The molecule has 3 aromatic rings. The number of aromatic amines is 1. The summed E-state index contributed by atoms with van der Waals surface area (Å²) >= 11 is 0. The van der Waals surface area contributed by atoms with Crippen molar-refractivity contribution in [1.82, 2.24) is 20.5 Å². The van der Waals surface area contributed by atoms with Gasteiger partial charge in [0.05, 0.1) is 18.0 Å². The van der Waals surface area contributed by atoms with Gasteiger partial charge in [-0.25, -0.2) is 14.2 Å². The van der Waals surface area contributed by atoms with Gasteiger partial charge < -0.3 is 10.1 Å². The van der Waals surface area contributed by atoms with Gasteiger partial charge in [-0.2, -0.15) is 0 Å². The molecule has 25 heavy (non-hydrogen) atoms. The third kappa shape index (κ3) is 3.52. The van der Waals surface area contributed by atoms with E-state index in [1.54, 1.807) is 6.92 Å². The van der Waals surface area contributed by atoms with E-state index >= 15 is 0 Å². The first kappa shape index (κ1) is 16.7. The molecule has 3 N–H and O–H groups in total. The molecule has 8 heteroatoms. The molecule has 0 saturated carbocycles. The number of halogens is 1. The van der Waals surface area contributed by atoms with Crippen LogP contribution < -0.4 is 15.4 Å². The molecule has 2 amide bonds. The van der Waals surface area contributed by atoms with Crippen LogP contribution in [-0.4, -0.2) is 27.8 Å². The summed E-state index contributed by atoms with van der Waals surface area (Å²) in [4.78, 5) is 16.1. The first-order valence-electron chi connectivity index (χ1n) is 7.88. The number of pyridine rings is 1. The lowest BCUT2D eigenvalue weighted by molar-refractivity contribution is 0.249. The quantitative estimate of drug-likeness (QED) is 0.662. The molecule has 0 fully saturated rings. The van der Waals surface area contributed by atoms with E-state index < -0.39 is 11.8 Å². The number of aromatic nitrogens is 3. The van der Waals surface area contributed by atoms with Gasteiger partial charge in [-0.3, -0.25) is 10.4 Å². The minimum Gasteiger partial charge on any atom is -0.476 e. The van der Waals surface area contributed by atoms with Crippen molar-refractivity contribution in [2.45, 2.75) is 19.9 Å². The number of H-pyrrole nitrogens is 1. The minimum atomic E-state index is -0.696. The van der Waals surface area contributed by atoms with Crippen LogP contribution >= 0.6 is 0 Å². The molecular weight excluding hydrogens is 325 g/mol. The number of nitrogens with zero attached hydrogens (tertiary/aromatic N) is 2. The molecule has 0 saturated heterocycles. The predicted molar refractivity (Wildman–Crippen MR) is 92.0 cm³/mol. The van der Waals surface area contributed by atoms with Crippen molar-refractivity contribution in [2.75, 3.05) is 11.9 Å². The highest BCUT2D eigenvalue weighted by molar-refractivity contribution is 5.92. The van der Waals surface area contributed by atoms with Crippen LogP contribution in [0.1, 0.15) is 25.5 Å². The first-order chi connectivity index (χ1) is 12.1. The van der Waals surface area contributed by atoms with Crippen LogP contribution in [0.25, 0.3) is 10.9 Å². The van der Waals surface area contributed by atoms with Crippen molar-refractivity contribution < 1.29 is 13.9 Å². The average Bonchev–Trinajstić information content (AvgIpc) is 3.02. The largest absolute Gasteiger partial charge is 0.476 e. The number of fused-ring (bicyclic) bond motifs is 1. The highest BCUT2D eigenvalue weighted by Gasteiger charge is 2.17. The summed E-state index contributed by atoms with van der Waals surface area (Å²) in [5.74, 6) is -0.604. The number of rotatable bonds is 5. The van der Waals surface area contributed by atoms with Crippen LogP contribution in [-0.2, 0) is 0 Å². The summed E-state index contributed by atoms with van der Waals surface area (Å²) in [6, 6.07) is 8.68. The first-order valence-corrected chi connectivity index (χ1v) is 7.88. The molecule has 7 nitrogen and oxygen atoms in total. The van der Waals surface area contributed by atoms with Gasteiger partial charge in [0.1, 0.15) is 5.52 Å². The number of hydrogen-bond donors (Lipinski definition) is 3. The Morgan fingerprint density at radius 1 is 1.36 bits per heavy atom. The van der Waals surface area contributed by atoms with Gasteiger partial charge >= 0.3 is 6.03 Å². The van der Waals surface area contributed by atoms with Crippen molar-refractivity contribution in [3.8, 4) is 5.88 Å². The maximum Gasteiger partial charge on any atom is 0.320 e.